The summed E-state index contributed by atoms with van der Waals surface area (Å²) in [6, 6.07) is 13.5. The van der Waals surface area contributed by atoms with E-state index in [0.29, 0.717) is 18.0 Å². The molecule has 0 atom stereocenters. The minimum atomic E-state index is -0.161. The number of nitrogens with zero attached hydrogens (tertiary/aromatic N) is 3. The Morgan fingerprint density at radius 1 is 1.03 bits per heavy atom. The third kappa shape index (κ3) is 4.49. The van der Waals surface area contributed by atoms with Gasteiger partial charge in [0, 0.05) is 17.5 Å². The molecule has 0 saturated heterocycles. The van der Waals surface area contributed by atoms with E-state index in [0.717, 1.165) is 16.1 Å². The molecule has 1 saturated carbocycles. The van der Waals surface area contributed by atoms with Crippen LogP contribution in [0.1, 0.15) is 56.1 Å². The summed E-state index contributed by atoms with van der Waals surface area (Å²) in [5.74, 6) is 0.385. The van der Waals surface area contributed by atoms with Crippen molar-refractivity contribution in [2.45, 2.75) is 44.9 Å². The van der Waals surface area contributed by atoms with E-state index in [1.807, 2.05) is 11.6 Å². The van der Waals surface area contributed by atoms with Crippen molar-refractivity contribution in [3.63, 3.8) is 0 Å². The molecule has 6 heteroatoms. The molecule has 30 heavy (non-hydrogen) atoms. The van der Waals surface area contributed by atoms with Crippen LogP contribution < -0.4 is 4.80 Å². The molecule has 0 radical (unpaired) electrons. The van der Waals surface area contributed by atoms with E-state index in [2.05, 4.69) is 39.7 Å². The Kier molecular flexibility index (Phi) is 6.33. The Bertz CT molecular complexity index is 1090. The SMILES string of the molecule is CCN=c1scc(-c2ccc(C3CCCCC3)cc2)n1N=Cc1ccc(O)c(O)c1. The van der Waals surface area contributed by atoms with Crippen LogP contribution in [0.2, 0.25) is 0 Å². The van der Waals surface area contributed by atoms with Gasteiger partial charge in [-0.1, -0.05) is 43.5 Å². The third-order valence-corrected chi connectivity index (χ3v) is 6.44. The van der Waals surface area contributed by atoms with Gasteiger partial charge in [0.1, 0.15) is 0 Å². The molecular weight excluding hydrogens is 394 g/mol. The summed E-state index contributed by atoms with van der Waals surface area (Å²) in [6.07, 6.45) is 8.29. The number of rotatable bonds is 5. The van der Waals surface area contributed by atoms with Gasteiger partial charge < -0.3 is 10.2 Å². The monoisotopic (exact) mass is 421 g/mol. The van der Waals surface area contributed by atoms with Crippen LogP contribution in [0.15, 0.2) is 57.9 Å². The van der Waals surface area contributed by atoms with Gasteiger partial charge in [-0.25, -0.2) is 4.68 Å². The van der Waals surface area contributed by atoms with Gasteiger partial charge in [0.25, 0.3) is 0 Å². The Morgan fingerprint density at radius 3 is 2.50 bits per heavy atom. The summed E-state index contributed by atoms with van der Waals surface area (Å²) in [5.41, 5.74) is 4.22. The molecule has 1 aromatic heterocycles. The number of thiazole rings is 1. The first kappa shape index (κ1) is 20.4. The molecule has 0 bridgehead atoms. The lowest BCUT2D eigenvalue weighted by Crippen LogP contribution is -2.12. The summed E-state index contributed by atoms with van der Waals surface area (Å²) < 4.78 is 1.84. The second-order valence-corrected chi connectivity index (χ2v) is 8.48. The topological polar surface area (TPSA) is 70.1 Å². The summed E-state index contributed by atoms with van der Waals surface area (Å²) in [7, 11) is 0. The van der Waals surface area contributed by atoms with E-state index in [4.69, 9.17) is 0 Å². The molecule has 0 amide bonds. The van der Waals surface area contributed by atoms with Gasteiger partial charge in [-0.2, -0.15) is 5.10 Å². The van der Waals surface area contributed by atoms with Gasteiger partial charge in [0.05, 0.1) is 11.9 Å². The van der Waals surface area contributed by atoms with E-state index in [-0.39, 0.29) is 11.5 Å². The maximum absolute atomic E-state index is 9.73. The maximum atomic E-state index is 9.73. The van der Waals surface area contributed by atoms with E-state index >= 15 is 0 Å². The highest BCUT2D eigenvalue weighted by Gasteiger charge is 2.16. The maximum Gasteiger partial charge on any atom is 0.206 e. The number of aromatic nitrogens is 1. The minimum Gasteiger partial charge on any atom is -0.504 e. The highest BCUT2D eigenvalue weighted by molar-refractivity contribution is 7.07. The number of benzene rings is 2. The fourth-order valence-corrected chi connectivity index (χ4v) is 4.86. The van der Waals surface area contributed by atoms with Crippen LogP contribution in [0.5, 0.6) is 11.5 Å². The molecule has 0 aliphatic heterocycles. The summed E-state index contributed by atoms with van der Waals surface area (Å²) in [6.45, 7) is 2.68. The zero-order chi connectivity index (χ0) is 20.9. The molecule has 5 nitrogen and oxygen atoms in total. The quantitative estimate of drug-likeness (QED) is 0.423. The number of hydrogen-bond acceptors (Lipinski definition) is 5. The van der Waals surface area contributed by atoms with Crippen LogP contribution >= 0.6 is 11.3 Å². The molecular formula is C24H27N3O2S. The minimum absolute atomic E-state index is 0.143. The summed E-state index contributed by atoms with van der Waals surface area (Å²) >= 11 is 1.56. The van der Waals surface area contributed by atoms with Crippen LogP contribution in [0.25, 0.3) is 11.3 Å². The summed E-state index contributed by atoms with van der Waals surface area (Å²) in [4.78, 5) is 5.39. The number of aromatic hydroxyl groups is 2. The van der Waals surface area contributed by atoms with Crippen LogP contribution in [-0.2, 0) is 0 Å². The first-order chi connectivity index (χ1) is 14.7. The lowest BCUT2D eigenvalue weighted by molar-refractivity contribution is 0.403. The van der Waals surface area contributed by atoms with Crippen LogP contribution in [-0.4, -0.2) is 27.6 Å². The van der Waals surface area contributed by atoms with E-state index in [1.54, 1.807) is 23.6 Å². The van der Waals surface area contributed by atoms with E-state index in [9.17, 15) is 10.2 Å². The molecule has 2 N–H and O–H groups in total. The number of phenols is 2. The molecule has 0 unspecified atom stereocenters. The van der Waals surface area contributed by atoms with Gasteiger partial charge >= 0.3 is 0 Å². The Hall–Kier alpha value is -2.86. The van der Waals surface area contributed by atoms with Gasteiger partial charge in [-0.05, 0) is 55.0 Å². The largest absolute Gasteiger partial charge is 0.504 e. The molecule has 156 valence electrons. The predicted octanol–water partition coefficient (Wildman–Crippen LogP) is 5.48. The highest BCUT2D eigenvalue weighted by atomic mass is 32.1. The average molecular weight is 422 g/mol. The lowest BCUT2D eigenvalue weighted by Gasteiger charge is -2.22. The fraction of sp³-hybridized carbons (Fsp3) is 0.333. The molecule has 2 aromatic carbocycles. The second-order valence-electron chi connectivity index (χ2n) is 7.64. The van der Waals surface area contributed by atoms with Crippen molar-refractivity contribution in [3.8, 4) is 22.8 Å². The lowest BCUT2D eigenvalue weighted by atomic mass is 9.84. The first-order valence-corrected chi connectivity index (χ1v) is 11.4. The van der Waals surface area contributed by atoms with Gasteiger partial charge in [0.15, 0.2) is 11.5 Å². The molecule has 0 spiro atoms. The second kappa shape index (κ2) is 9.30. The standard InChI is InChI=1S/C24H27N3O2S/c1-2-25-24-27(26-15-17-8-13-22(28)23(29)14-17)21(16-30-24)20-11-9-19(10-12-20)18-6-4-3-5-7-18/h8-16,18,28-29H,2-7H2,1H3. The number of hydrogen-bond donors (Lipinski definition) is 2. The Labute approximate surface area is 180 Å². The molecule has 3 aromatic rings. The normalized spacial score (nSPS) is 15.8. The smallest absolute Gasteiger partial charge is 0.206 e. The Morgan fingerprint density at radius 2 is 1.80 bits per heavy atom. The van der Waals surface area contributed by atoms with E-state index < -0.39 is 0 Å². The molecule has 1 fully saturated rings. The van der Waals surface area contributed by atoms with Crippen LogP contribution in [0.3, 0.4) is 0 Å². The third-order valence-electron chi connectivity index (χ3n) is 5.58. The highest BCUT2D eigenvalue weighted by Crippen LogP contribution is 2.33. The van der Waals surface area contributed by atoms with Gasteiger partial charge in [-0.3, -0.25) is 4.99 Å². The van der Waals surface area contributed by atoms with Gasteiger partial charge in [-0.15, -0.1) is 11.3 Å². The van der Waals surface area contributed by atoms with Crippen molar-refractivity contribution in [1.82, 2.24) is 4.68 Å². The van der Waals surface area contributed by atoms with Crippen molar-refractivity contribution in [2.24, 2.45) is 10.1 Å². The number of phenolic OH excluding ortho intramolecular Hbond substituents is 2. The summed E-state index contributed by atoms with van der Waals surface area (Å²) in [5, 5.41) is 25.9. The van der Waals surface area contributed by atoms with Crippen molar-refractivity contribution in [3.05, 3.63) is 63.8 Å². The van der Waals surface area contributed by atoms with Crippen molar-refractivity contribution in [2.75, 3.05) is 6.54 Å². The molecule has 1 aliphatic carbocycles. The first-order valence-electron chi connectivity index (χ1n) is 10.5. The molecule has 1 heterocycles. The molecule has 4 rings (SSSR count). The Balaban J connectivity index is 1.66. The molecule has 1 aliphatic rings. The van der Waals surface area contributed by atoms with Crippen LogP contribution in [0, 0.1) is 0 Å². The zero-order valence-corrected chi connectivity index (χ0v) is 18.0. The van der Waals surface area contributed by atoms with Crippen LogP contribution in [0.4, 0.5) is 0 Å². The van der Waals surface area contributed by atoms with Crippen molar-refractivity contribution < 1.29 is 10.2 Å². The fourth-order valence-electron chi connectivity index (χ4n) is 3.96. The average Bonchev–Trinajstić information content (AvgIpc) is 3.18. The zero-order valence-electron chi connectivity index (χ0n) is 17.2. The van der Waals surface area contributed by atoms with Crippen molar-refractivity contribution >= 4 is 17.6 Å². The van der Waals surface area contributed by atoms with Gasteiger partial charge in [0.2, 0.25) is 4.80 Å². The van der Waals surface area contributed by atoms with E-state index in [1.165, 1.54) is 49.8 Å². The predicted molar refractivity (Wildman–Crippen MR) is 122 cm³/mol. The van der Waals surface area contributed by atoms with Crippen molar-refractivity contribution in [1.29, 1.82) is 0 Å².